The summed E-state index contributed by atoms with van der Waals surface area (Å²) >= 11 is 0. The van der Waals surface area contributed by atoms with Gasteiger partial charge in [0.2, 0.25) is 0 Å². The molecule has 1 radical (unpaired) electrons. The number of rotatable bonds is 4. The van der Waals surface area contributed by atoms with E-state index in [9.17, 15) is 0 Å². The second kappa shape index (κ2) is 8.00. The van der Waals surface area contributed by atoms with Crippen molar-refractivity contribution in [3.05, 3.63) is 42.6 Å². The zero-order valence-electron chi connectivity index (χ0n) is 11.0. The third-order valence-electron chi connectivity index (χ3n) is 2.13. The van der Waals surface area contributed by atoms with Crippen LogP contribution in [-0.4, -0.2) is 33.1 Å². The van der Waals surface area contributed by atoms with E-state index in [2.05, 4.69) is 15.0 Å². The van der Waals surface area contributed by atoms with E-state index in [1.54, 1.807) is 24.7 Å². The molecule has 6 heteroatoms. The molecule has 2 aromatic rings. The van der Waals surface area contributed by atoms with Gasteiger partial charge in [0.1, 0.15) is 5.82 Å². The van der Waals surface area contributed by atoms with E-state index in [0.717, 1.165) is 18.7 Å². The third-order valence-corrected chi connectivity index (χ3v) is 2.13. The zero-order chi connectivity index (χ0) is 14.1. The van der Waals surface area contributed by atoms with Crippen LogP contribution in [0.5, 0.6) is 0 Å². The van der Waals surface area contributed by atoms with Crippen molar-refractivity contribution in [3.63, 3.8) is 0 Å². The van der Waals surface area contributed by atoms with Gasteiger partial charge in [-0.05, 0) is 24.3 Å². The highest BCUT2D eigenvalue weighted by atomic mass is 16.2. The van der Waals surface area contributed by atoms with E-state index in [0.29, 0.717) is 5.82 Å². The standard InChI is InChI=1S/C11H10BN4O.C2H6/c13-10(12-17)3-4-11-15-7-9(16-11)8-2-1-5-14-6-8;1-2/h1-7,13,17H,(H,15,16);1-2H3/b4-3-,13-10?;. The van der Waals surface area contributed by atoms with Crippen molar-refractivity contribution in [3.8, 4) is 11.3 Å². The second-order valence-electron chi connectivity index (χ2n) is 3.34. The quantitative estimate of drug-likeness (QED) is 0.577. The molecule has 2 aromatic heterocycles. The summed E-state index contributed by atoms with van der Waals surface area (Å²) in [6, 6.07) is 3.78. The van der Waals surface area contributed by atoms with Crippen LogP contribution in [0, 0.1) is 5.41 Å². The van der Waals surface area contributed by atoms with Crippen LogP contribution in [0.3, 0.4) is 0 Å². The van der Waals surface area contributed by atoms with Crippen molar-refractivity contribution < 1.29 is 5.02 Å². The van der Waals surface area contributed by atoms with Crippen LogP contribution in [0.1, 0.15) is 19.7 Å². The summed E-state index contributed by atoms with van der Waals surface area (Å²) in [5.41, 5.74) is 1.82. The fraction of sp³-hybridized carbons (Fsp3) is 0.154. The van der Waals surface area contributed by atoms with E-state index < -0.39 is 0 Å². The molecule has 0 unspecified atom stereocenters. The molecule has 0 saturated heterocycles. The number of aromatic nitrogens is 3. The lowest BCUT2D eigenvalue weighted by Crippen LogP contribution is -2.01. The Morgan fingerprint density at radius 3 is 2.84 bits per heavy atom. The SMILES string of the molecule is CC.N=C([B]O)/C=C\c1ncc(-c2cccnc2)[nH]1. The first kappa shape index (κ1) is 14.9. The third kappa shape index (κ3) is 4.52. The van der Waals surface area contributed by atoms with Crippen LogP contribution >= 0.6 is 0 Å². The Kier molecular flexibility index (Phi) is 6.25. The number of pyridine rings is 1. The zero-order valence-corrected chi connectivity index (χ0v) is 11.0. The predicted molar refractivity (Wildman–Crippen MR) is 77.9 cm³/mol. The van der Waals surface area contributed by atoms with Crippen LogP contribution in [0.15, 0.2) is 36.8 Å². The lowest BCUT2D eigenvalue weighted by Gasteiger charge is -1.93. The summed E-state index contributed by atoms with van der Waals surface area (Å²) in [6.45, 7) is 4.00. The maximum Gasteiger partial charge on any atom is 0.347 e. The van der Waals surface area contributed by atoms with E-state index in [1.807, 2.05) is 26.0 Å². The summed E-state index contributed by atoms with van der Waals surface area (Å²) < 4.78 is 0. The van der Waals surface area contributed by atoms with E-state index in [1.165, 1.54) is 6.08 Å². The Balaban J connectivity index is 0.000000861. The largest absolute Gasteiger partial charge is 0.449 e. The second-order valence-corrected chi connectivity index (χ2v) is 3.34. The maximum atomic E-state index is 8.56. The van der Waals surface area contributed by atoms with Gasteiger partial charge in [-0.25, -0.2) is 4.98 Å². The number of H-pyrrole nitrogens is 1. The highest BCUT2D eigenvalue weighted by molar-refractivity contribution is 6.71. The highest BCUT2D eigenvalue weighted by Crippen LogP contribution is 2.15. The molecule has 0 spiro atoms. The number of nitrogens with one attached hydrogen (secondary N) is 2. The van der Waals surface area contributed by atoms with Crippen molar-refractivity contribution in [2.45, 2.75) is 13.8 Å². The smallest absolute Gasteiger partial charge is 0.347 e. The number of hydrogen-bond acceptors (Lipinski definition) is 4. The van der Waals surface area contributed by atoms with Crippen LogP contribution in [0.25, 0.3) is 17.3 Å². The van der Waals surface area contributed by atoms with E-state index >= 15 is 0 Å². The Labute approximate surface area is 113 Å². The summed E-state index contributed by atoms with van der Waals surface area (Å²) in [5, 5.41) is 15.8. The van der Waals surface area contributed by atoms with Crippen LogP contribution in [0.2, 0.25) is 0 Å². The van der Waals surface area contributed by atoms with Gasteiger partial charge in [0, 0.05) is 23.6 Å². The number of allylic oxidation sites excluding steroid dienone is 1. The molecule has 2 heterocycles. The fourth-order valence-electron chi connectivity index (χ4n) is 1.30. The number of aromatic amines is 1. The minimum absolute atomic E-state index is 0.0179. The molecular formula is C13H16BN4O. The van der Waals surface area contributed by atoms with Gasteiger partial charge >= 0.3 is 7.48 Å². The van der Waals surface area contributed by atoms with E-state index in [4.69, 9.17) is 10.4 Å². The molecule has 0 atom stereocenters. The average molecular weight is 255 g/mol. The van der Waals surface area contributed by atoms with Crippen molar-refractivity contribution in [1.29, 1.82) is 5.41 Å². The van der Waals surface area contributed by atoms with Gasteiger partial charge in [-0.1, -0.05) is 13.8 Å². The van der Waals surface area contributed by atoms with Gasteiger partial charge in [0.25, 0.3) is 0 Å². The van der Waals surface area contributed by atoms with Crippen molar-refractivity contribution in [2.75, 3.05) is 0 Å². The normalized spacial score (nSPS) is 9.84. The topological polar surface area (TPSA) is 85.7 Å². The van der Waals surface area contributed by atoms with Crippen molar-refractivity contribution in [1.82, 2.24) is 15.0 Å². The molecule has 0 aliphatic rings. The molecular weight excluding hydrogens is 239 g/mol. The summed E-state index contributed by atoms with van der Waals surface area (Å²) in [4.78, 5) is 11.2. The molecule has 19 heavy (non-hydrogen) atoms. The lowest BCUT2D eigenvalue weighted by atomic mass is 9.93. The minimum Gasteiger partial charge on any atom is -0.449 e. The van der Waals surface area contributed by atoms with Crippen LogP contribution in [0.4, 0.5) is 0 Å². The first-order valence-electron chi connectivity index (χ1n) is 5.99. The molecule has 97 valence electrons. The molecule has 0 aliphatic heterocycles. The molecule has 5 nitrogen and oxygen atoms in total. The Morgan fingerprint density at radius 2 is 2.21 bits per heavy atom. The lowest BCUT2D eigenvalue weighted by molar-refractivity contribution is 0.618. The molecule has 0 amide bonds. The van der Waals surface area contributed by atoms with Gasteiger partial charge in [-0.2, -0.15) is 0 Å². The van der Waals surface area contributed by atoms with Crippen molar-refractivity contribution in [2.24, 2.45) is 0 Å². The van der Waals surface area contributed by atoms with Crippen LogP contribution in [-0.2, 0) is 0 Å². The molecule has 0 bridgehead atoms. The molecule has 2 rings (SSSR count). The summed E-state index contributed by atoms with van der Waals surface area (Å²) in [7, 11) is 0.724. The predicted octanol–water partition coefficient (Wildman–Crippen LogP) is 2.10. The average Bonchev–Trinajstić information content (AvgIpc) is 2.96. The number of nitrogens with zero attached hydrogens (tertiary/aromatic N) is 2. The Hall–Kier alpha value is -2.21. The first-order valence-corrected chi connectivity index (χ1v) is 5.99. The number of imidazole rings is 1. The van der Waals surface area contributed by atoms with Gasteiger partial charge in [-0.3, -0.25) is 4.98 Å². The Bertz CT molecular complexity index is 537. The fourth-order valence-corrected chi connectivity index (χ4v) is 1.30. The van der Waals surface area contributed by atoms with Gasteiger partial charge < -0.3 is 15.4 Å². The van der Waals surface area contributed by atoms with Gasteiger partial charge in [-0.15, -0.1) is 0 Å². The number of hydrogen-bond donors (Lipinski definition) is 3. The first-order chi connectivity index (χ1) is 9.29. The minimum atomic E-state index is 0.0179. The van der Waals surface area contributed by atoms with Gasteiger partial charge in [0.05, 0.1) is 11.9 Å². The van der Waals surface area contributed by atoms with E-state index in [-0.39, 0.29) is 5.61 Å². The molecule has 3 N–H and O–H groups in total. The summed E-state index contributed by atoms with van der Waals surface area (Å²) in [6.07, 6.45) is 8.22. The maximum absolute atomic E-state index is 8.56. The van der Waals surface area contributed by atoms with Crippen LogP contribution < -0.4 is 0 Å². The van der Waals surface area contributed by atoms with Crippen molar-refractivity contribution >= 4 is 19.2 Å². The molecule has 0 aromatic carbocycles. The monoisotopic (exact) mass is 255 g/mol. The summed E-state index contributed by atoms with van der Waals surface area (Å²) in [5.74, 6) is 0.621. The van der Waals surface area contributed by atoms with Gasteiger partial charge in [0.15, 0.2) is 0 Å². The molecule has 0 fully saturated rings. The Morgan fingerprint density at radius 1 is 1.42 bits per heavy atom. The molecule has 0 aliphatic carbocycles. The molecule has 0 saturated carbocycles. The highest BCUT2D eigenvalue weighted by Gasteiger charge is 2.00.